The molecule has 2 N–H and O–H groups in total. The van der Waals surface area contributed by atoms with Crippen molar-refractivity contribution in [2.75, 3.05) is 6.54 Å². The number of hydrogen-bond donors (Lipinski definition) is 2. The first kappa shape index (κ1) is 19.1. The fourth-order valence-electron chi connectivity index (χ4n) is 2.64. The molecule has 6 nitrogen and oxygen atoms in total. The third-order valence-corrected chi connectivity index (χ3v) is 4.30. The van der Waals surface area contributed by atoms with Gasteiger partial charge in [0.25, 0.3) is 5.56 Å². The summed E-state index contributed by atoms with van der Waals surface area (Å²) in [7, 11) is 0. The van der Waals surface area contributed by atoms with Crippen LogP contribution in [0.4, 0.5) is 0 Å². The highest BCUT2D eigenvalue weighted by Gasteiger charge is 2.21. The topological polar surface area (TPSA) is 84.2 Å². The van der Waals surface area contributed by atoms with E-state index in [2.05, 4.69) is 24.1 Å². The lowest BCUT2D eigenvalue weighted by atomic mass is 9.95. The Hall–Kier alpha value is -2.21. The Kier molecular flexibility index (Phi) is 5.95. The zero-order valence-electron chi connectivity index (χ0n) is 15.4. The van der Waals surface area contributed by atoms with E-state index >= 15 is 0 Å². The molecule has 1 unspecified atom stereocenters. The monoisotopic (exact) mass is 345 g/mol. The quantitative estimate of drug-likeness (QED) is 0.804. The summed E-state index contributed by atoms with van der Waals surface area (Å²) in [6.45, 7) is 7.84. The van der Waals surface area contributed by atoms with E-state index < -0.39 is 5.60 Å². The average molecular weight is 345 g/mol. The number of aromatic nitrogens is 2. The highest BCUT2D eigenvalue weighted by molar-refractivity contribution is 5.81. The molecule has 1 aromatic heterocycles. The van der Waals surface area contributed by atoms with Crippen molar-refractivity contribution in [1.82, 2.24) is 14.9 Å². The molecule has 0 aliphatic carbocycles. The molecule has 1 aromatic carbocycles. The first-order chi connectivity index (χ1) is 11.7. The molecule has 6 heteroatoms. The third kappa shape index (κ3) is 5.13. The van der Waals surface area contributed by atoms with Crippen molar-refractivity contribution in [3.63, 3.8) is 0 Å². The van der Waals surface area contributed by atoms with E-state index in [1.54, 1.807) is 19.1 Å². The molecule has 0 spiro atoms. The maximum atomic E-state index is 12.5. The number of nitrogens with zero attached hydrogens (tertiary/aromatic N) is 2. The number of para-hydroxylation sites is 1. The lowest BCUT2D eigenvalue weighted by Gasteiger charge is -2.24. The van der Waals surface area contributed by atoms with Crippen LogP contribution in [0.1, 0.15) is 39.2 Å². The van der Waals surface area contributed by atoms with Crippen LogP contribution in [0.5, 0.6) is 0 Å². The Bertz CT molecular complexity index is 809. The SMILES string of the molecule is Cc1cccc2c(=O)n(CC(=O)NCC(C)(O)CCC(C)C)cnc12. The molecule has 0 saturated heterocycles. The molecule has 2 aromatic rings. The second-order valence-corrected chi connectivity index (χ2v) is 7.35. The van der Waals surface area contributed by atoms with Crippen LogP contribution < -0.4 is 10.9 Å². The van der Waals surface area contributed by atoms with Crippen molar-refractivity contribution in [1.29, 1.82) is 0 Å². The van der Waals surface area contributed by atoms with Crippen molar-refractivity contribution in [3.05, 3.63) is 40.4 Å². The molecule has 25 heavy (non-hydrogen) atoms. The molecular weight excluding hydrogens is 318 g/mol. The Morgan fingerprint density at radius 2 is 2.12 bits per heavy atom. The first-order valence-corrected chi connectivity index (χ1v) is 8.63. The van der Waals surface area contributed by atoms with Crippen LogP contribution in [0, 0.1) is 12.8 Å². The van der Waals surface area contributed by atoms with Gasteiger partial charge in [0.1, 0.15) is 6.54 Å². The van der Waals surface area contributed by atoms with E-state index in [0.29, 0.717) is 23.2 Å². The minimum absolute atomic E-state index is 0.115. The second-order valence-electron chi connectivity index (χ2n) is 7.35. The zero-order valence-corrected chi connectivity index (χ0v) is 15.4. The van der Waals surface area contributed by atoms with Crippen LogP contribution in [-0.2, 0) is 11.3 Å². The minimum atomic E-state index is -0.955. The first-order valence-electron chi connectivity index (χ1n) is 8.63. The fourth-order valence-corrected chi connectivity index (χ4v) is 2.64. The number of carbonyl (C=O) groups excluding carboxylic acids is 1. The molecule has 0 bridgehead atoms. The van der Waals surface area contributed by atoms with E-state index in [4.69, 9.17) is 0 Å². The summed E-state index contributed by atoms with van der Waals surface area (Å²) in [4.78, 5) is 28.9. The standard InChI is InChI=1S/C19H27N3O3/c1-13(2)8-9-19(4,25)11-20-16(23)10-22-12-21-17-14(3)6-5-7-15(17)18(22)24/h5-7,12-13,25H,8-11H2,1-4H3,(H,20,23). The summed E-state index contributed by atoms with van der Waals surface area (Å²) >= 11 is 0. The summed E-state index contributed by atoms with van der Waals surface area (Å²) in [6.07, 6.45) is 2.89. The smallest absolute Gasteiger partial charge is 0.261 e. The molecule has 0 saturated carbocycles. The molecule has 0 aliphatic rings. The van der Waals surface area contributed by atoms with Gasteiger partial charge in [-0.15, -0.1) is 0 Å². The van der Waals surface area contributed by atoms with Crippen LogP contribution in [0.2, 0.25) is 0 Å². The highest BCUT2D eigenvalue weighted by Crippen LogP contribution is 2.15. The number of carbonyl (C=O) groups is 1. The van der Waals surface area contributed by atoms with E-state index in [9.17, 15) is 14.7 Å². The van der Waals surface area contributed by atoms with Crippen LogP contribution in [-0.4, -0.2) is 32.7 Å². The number of nitrogens with one attached hydrogen (secondary N) is 1. The predicted molar refractivity (Wildman–Crippen MR) is 98.4 cm³/mol. The normalized spacial score (nSPS) is 13.8. The van der Waals surface area contributed by atoms with Gasteiger partial charge in [-0.05, 0) is 44.2 Å². The molecule has 1 atom stereocenters. The van der Waals surface area contributed by atoms with Gasteiger partial charge >= 0.3 is 0 Å². The third-order valence-electron chi connectivity index (χ3n) is 4.30. The summed E-state index contributed by atoms with van der Waals surface area (Å²) < 4.78 is 1.29. The van der Waals surface area contributed by atoms with Gasteiger partial charge in [0.05, 0.1) is 22.8 Å². The Morgan fingerprint density at radius 1 is 1.40 bits per heavy atom. The summed E-state index contributed by atoms with van der Waals surface area (Å²) in [5, 5.41) is 13.5. The number of rotatable bonds is 7. The van der Waals surface area contributed by atoms with E-state index in [-0.39, 0.29) is 24.6 Å². The highest BCUT2D eigenvalue weighted by atomic mass is 16.3. The summed E-state index contributed by atoms with van der Waals surface area (Å²) in [6, 6.07) is 5.41. The predicted octanol–water partition coefficient (Wildman–Crippen LogP) is 2.01. The lowest BCUT2D eigenvalue weighted by molar-refractivity contribution is -0.122. The molecule has 136 valence electrons. The van der Waals surface area contributed by atoms with Gasteiger partial charge in [0.2, 0.25) is 5.91 Å². The van der Waals surface area contributed by atoms with Gasteiger partial charge in [-0.2, -0.15) is 0 Å². The van der Waals surface area contributed by atoms with Gasteiger partial charge in [-0.3, -0.25) is 14.2 Å². The van der Waals surface area contributed by atoms with Crippen LogP contribution in [0.25, 0.3) is 10.9 Å². The maximum absolute atomic E-state index is 12.5. The van der Waals surface area contributed by atoms with E-state index in [0.717, 1.165) is 12.0 Å². The molecule has 2 rings (SSSR count). The minimum Gasteiger partial charge on any atom is -0.388 e. The van der Waals surface area contributed by atoms with Crippen molar-refractivity contribution in [3.8, 4) is 0 Å². The number of fused-ring (bicyclic) bond motifs is 1. The molecule has 1 amide bonds. The van der Waals surface area contributed by atoms with Gasteiger partial charge in [-0.1, -0.05) is 26.0 Å². The van der Waals surface area contributed by atoms with Gasteiger partial charge in [-0.25, -0.2) is 4.98 Å². The molecule has 0 fully saturated rings. The fraction of sp³-hybridized carbons (Fsp3) is 0.526. The van der Waals surface area contributed by atoms with Crippen LogP contribution in [0.3, 0.4) is 0 Å². The summed E-state index contributed by atoms with van der Waals surface area (Å²) in [5.41, 5.74) is 0.382. The number of hydrogen-bond acceptors (Lipinski definition) is 4. The molecule has 0 radical (unpaired) electrons. The number of aliphatic hydroxyl groups is 1. The van der Waals surface area contributed by atoms with Crippen LogP contribution in [0.15, 0.2) is 29.3 Å². The Morgan fingerprint density at radius 3 is 2.80 bits per heavy atom. The van der Waals surface area contributed by atoms with Crippen molar-refractivity contribution in [2.45, 2.75) is 52.7 Å². The largest absolute Gasteiger partial charge is 0.388 e. The van der Waals surface area contributed by atoms with Gasteiger partial charge < -0.3 is 10.4 Å². The zero-order chi connectivity index (χ0) is 18.6. The summed E-state index contributed by atoms with van der Waals surface area (Å²) in [5.74, 6) is 0.175. The second kappa shape index (κ2) is 7.78. The van der Waals surface area contributed by atoms with E-state index in [1.165, 1.54) is 10.9 Å². The van der Waals surface area contributed by atoms with Crippen molar-refractivity contribution >= 4 is 16.8 Å². The van der Waals surface area contributed by atoms with Gasteiger partial charge in [0.15, 0.2) is 0 Å². The van der Waals surface area contributed by atoms with Crippen molar-refractivity contribution in [2.24, 2.45) is 5.92 Å². The Labute approximate surface area is 147 Å². The number of amides is 1. The molecule has 1 heterocycles. The molecular formula is C19H27N3O3. The number of benzene rings is 1. The lowest BCUT2D eigenvalue weighted by Crippen LogP contribution is -2.42. The van der Waals surface area contributed by atoms with Crippen LogP contribution >= 0.6 is 0 Å². The number of aryl methyl sites for hydroxylation is 1. The molecule has 0 aliphatic heterocycles. The maximum Gasteiger partial charge on any atom is 0.261 e. The van der Waals surface area contributed by atoms with Crippen molar-refractivity contribution < 1.29 is 9.90 Å². The van der Waals surface area contributed by atoms with Gasteiger partial charge in [0, 0.05) is 6.54 Å². The Balaban J connectivity index is 2.03. The van der Waals surface area contributed by atoms with E-state index in [1.807, 2.05) is 13.0 Å². The average Bonchev–Trinajstić information content (AvgIpc) is 2.55.